The lowest BCUT2D eigenvalue weighted by Crippen LogP contribution is -2.53. The molecule has 2 heterocycles. The van der Waals surface area contributed by atoms with Crippen molar-refractivity contribution in [3.05, 3.63) is 35.7 Å². The molecule has 0 radical (unpaired) electrons. The van der Waals surface area contributed by atoms with Crippen molar-refractivity contribution in [3.8, 4) is 5.69 Å². The summed E-state index contributed by atoms with van der Waals surface area (Å²) in [5.74, 6) is 0.0519. The van der Waals surface area contributed by atoms with E-state index in [1.54, 1.807) is 0 Å². The zero-order chi connectivity index (χ0) is 18.1. The number of hydrogen-bond donors (Lipinski definition) is 1. The first-order valence-corrected chi connectivity index (χ1v) is 9.47. The Morgan fingerprint density at radius 1 is 1.15 bits per heavy atom. The van der Waals surface area contributed by atoms with Crippen molar-refractivity contribution < 1.29 is 9.90 Å². The Morgan fingerprint density at radius 3 is 2.58 bits per heavy atom. The quantitative estimate of drug-likeness (QED) is 0.908. The Hall–Kier alpha value is -2.28. The van der Waals surface area contributed by atoms with Crippen molar-refractivity contribution >= 4 is 5.97 Å². The lowest BCUT2D eigenvalue weighted by atomic mass is 9.79. The van der Waals surface area contributed by atoms with E-state index in [1.165, 1.54) is 12.0 Å². The maximum absolute atomic E-state index is 11.9. The van der Waals surface area contributed by atoms with Gasteiger partial charge in [0, 0.05) is 6.54 Å². The number of likely N-dealkylation sites (tertiary alicyclic amines) is 1. The summed E-state index contributed by atoms with van der Waals surface area (Å²) in [7, 11) is 0. The lowest BCUT2D eigenvalue weighted by molar-refractivity contribution is -0.145. The molecular weight excluding hydrogens is 330 g/mol. The zero-order valence-electron chi connectivity index (χ0n) is 15.1. The predicted octanol–water partition coefficient (Wildman–Crippen LogP) is 2.68. The van der Waals surface area contributed by atoms with Crippen LogP contribution >= 0.6 is 0 Å². The third-order valence-corrected chi connectivity index (χ3v) is 5.93. The fraction of sp³-hybridized carbons (Fsp3) is 0.579. The highest BCUT2D eigenvalue weighted by Gasteiger charge is 2.50. The van der Waals surface area contributed by atoms with Gasteiger partial charge in [0.05, 0.1) is 11.2 Å². The van der Waals surface area contributed by atoms with Crippen LogP contribution in [-0.2, 0) is 10.3 Å². The Kier molecular flexibility index (Phi) is 4.48. The van der Waals surface area contributed by atoms with E-state index in [-0.39, 0.29) is 0 Å². The molecule has 1 aromatic carbocycles. The molecule has 138 valence electrons. The lowest BCUT2D eigenvalue weighted by Gasteiger charge is -2.45. The number of aryl methyl sites for hydroxylation is 1. The van der Waals surface area contributed by atoms with Crippen LogP contribution in [0.25, 0.3) is 5.69 Å². The Morgan fingerprint density at radius 2 is 1.88 bits per heavy atom. The van der Waals surface area contributed by atoms with Gasteiger partial charge in [-0.3, -0.25) is 9.69 Å². The van der Waals surface area contributed by atoms with Crippen LogP contribution in [0.1, 0.15) is 56.3 Å². The van der Waals surface area contributed by atoms with Gasteiger partial charge in [0.15, 0.2) is 5.82 Å². The first-order chi connectivity index (χ1) is 12.6. The largest absolute Gasteiger partial charge is 0.480 e. The minimum absolute atomic E-state index is 0.397. The summed E-state index contributed by atoms with van der Waals surface area (Å²) < 4.78 is 1.81. The summed E-state index contributed by atoms with van der Waals surface area (Å²) in [6, 6.07) is 7.68. The molecule has 2 aliphatic rings. The maximum Gasteiger partial charge on any atom is 0.320 e. The SMILES string of the molecule is Cc1ccc(-n2nnnc2C2(N3CCCC3C(=O)O)CCCCC2)cc1. The first-order valence-electron chi connectivity index (χ1n) is 9.47. The topological polar surface area (TPSA) is 84.1 Å². The zero-order valence-corrected chi connectivity index (χ0v) is 15.1. The van der Waals surface area contributed by atoms with E-state index >= 15 is 0 Å². The van der Waals surface area contributed by atoms with Gasteiger partial charge in [0.2, 0.25) is 0 Å². The molecule has 4 rings (SSSR count). The van der Waals surface area contributed by atoms with E-state index < -0.39 is 17.6 Å². The van der Waals surface area contributed by atoms with Crippen molar-refractivity contribution in [1.82, 2.24) is 25.1 Å². The predicted molar refractivity (Wildman–Crippen MR) is 96.0 cm³/mol. The number of carboxylic acid groups (broad SMARTS) is 1. The molecule has 7 heteroatoms. The normalized spacial score (nSPS) is 23.2. The molecule has 7 nitrogen and oxygen atoms in total. The van der Waals surface area contributed by atoms with Crippen molar-refractivity contribution in [2.75, 3.05) is 6.54 Å². The van der Waals surface area contributed by atoms with Gasteiger partial charge in [-0.25, -0.2) is 0 Å². The summed E-state index contributed by atoms with van der Waals surface area (Å²) in [6.45, 7) is 2.84. The number of aromatic nitrogens is 4. The van der Waals surface area contributed by atoms with Gasteiger partial charge in [-0.15, -0.1) is 5.10 Å². The molecule has 1 atom stereocenters. The fourth-order valence-electron chi connectivity index (χ4n) is 4.65. The summed E-state index contributed by atoms with van der Waals surface area (Å²) in [4.78, 5) is 14.0. The second-order valence-electron chi connectivity index (χ2n) is 7.53. The number of carbonyl (C=O) groups is 1. The Balaban J connectivity index is 1.80. The van der Waals surface area contributed by atoms with Gasteiger partial charge < -0.3 is 5.11 Å². The van der Waals surface area contributed by atoms with E-state index in [0.29, 0.717) is 6.42 Å². The first kappa shape index (κ1) is 17.1. The Labute approximate surface area is 153 Å². The standard InChI is InChI=1S/C19H25N5O2/c1-14-7-9-15(10-8-14)24-18(20-21-22-24)19(11-3-2-4-12-19)23-13-5-6-16(23)17(25)26/h7-10,16H,2-6,11-13H2,1H3,(H,25,26). The third kappa shape index (κ3) is 2.80. The molecule has 1 saturated heterocycles. The maximum atomic E-state index is 11.9. The smallest absolute Gasteiger partial charge is 0.320 e. The molecule has 1 saturated carbocycles. The summed E-state index contributed by atoms with van der Waals surface area (Å²) >= 11 is 0. The number of tetrazole rings is 1. The number of benzene rings is 1. The molecule has 2 aromatic rings. The van der Waals surface area contributed by atoms with Crippen LogP contribution in [0.15, 0.2) is 24.3 Å². The molecule has 1 aliphatic heterocycles. The van der Waals surface area contributed by atoms with Crippen LogP contribution in [0.3, 0.4) is 0 Å². The fourth-order valence-corrected chi connectivity index (χ4v) is 4.65. The van der Waals surface area contributed by atoms with Crippen molar-refractivity contribution in [2.24, 2.45) is 0 Å². The molecular formula is C19H25N5O2. The van der Waals surface area contributed by atoms with Gasteiger partial charge in [-0.1, -0.05) is 37.0 Å². The summed E-state index contributed by atoms with van der Waals surface area (Å²) in [5, 5.41) is 22.4. The average molecular weight is 355 g/mol. The van der Waals surface area contributed by atoms with Gasteiger partial charge >= 0.3 is 5.97 Å². The summed E-state index contributed by atoms with van der Waals surface area (Å²) in [6.07, 6.45) is 6.74. The number of aliphatic carboxylic acids is 1. The van der Waals surface area contributed by atoms with Gasteiger partial charge in [-0.05, 0) is 55.2 Å². The van der Waals surface area contributed by atoms with E-state index in [9.17, 15) is 9.90 Å². The molecule has 1 aliphatic carbocycles. The Bertz CT molecular complexity index is 779. The molecule has 1 unspecified atom stereocenters. The monoisotopic (exact) mass is 355 g/mol. The molecule has 0 amide bonds. The number of rotatable bonds is 4. The van der Waals surface area contributed by atoms with Gasteiger partial charge in [-0.2, -0.15) is 4.68 Å². The van der Waals surface area contributed by atoms with Gasteiger partial charge in [0.1, 0.15) is 6.04 Å². The van der Waals surface area contributed by atoms with Crippen LogP contribution < -0.4 is 0 Å². The van der Waals surface area contributed by atoms with Crippen LogP contribution in [0.2, 0.25) is 0 Å². The van der Waals surface area contributed by atoms with Crippen molar-refractivity contribution in [3.63, 3.8) is 0 Å². The molecule has 0 bridgehead atoms. The second kappa shape index (κ2) is 6.79. The molecule has 0 spiro atoms. The van der Waals surface area contributed by atoms with E-state index in [4.69, 9.17) is 0 Å². The molecule has 2 fully saturated rings. The van der Waals surface area contributed by atoms with Gasteiger partial charge in [0.25, 0.3) is 0 Å². The summed E-state index contributed by atoms with van der Waals surface area (Å²) in [5.41, 5.74) is 1.71. The van der Waals surface area contributed by atoms with Crippen molar-refractivity contribution in [2.45, 2.75) is 63.5 Å². The number of nitrogens with zero attached hydrogens (tertiary/aromatic N) is 5. The average Bonchev–Trinajstić information content (AvgIpc) is 3.33. The third-order valence-electron chi connectivity index (χ3n) is 5.93. The van der Waals surface area contributed by atoms with E-state index in [0.717, 1.165) is 50.2 Å². The highest BCUT2D eigenvalue weighted by molar-refractivity contribution is 5.74. The minimum atomic E-state index is -0.734. The highest BCUT2D eigenvalue weighted by atomic mass is 16.4. The van der Waals surface area contributed by atoms with Crippen LogP contribution in [0.4, 0.5) is 0 Å². The van der Waals surface area contributed by atoms with E-state index in [1.807, 2.05) is 28.9 Å². The molecule has 1 N–H and O–H groups in total. The minimum Gasteiger partial charge on any atom is -0.480 e. The van der Waals surface area contributed by atoms with Crippen LogP contribution in [-0.4, -0.2) is 48.8 Å². The van der Waals surface area contributed by atoms with Crippen LogP contribution in [0.5, 0.6) is 0 Å². The second-order valence-corrected chi connectivity index (χ2v) is 7.53. The van der Waals surface area contributed by atoms with E-state index in [2.05, 4.69) is 27.3 Å². The highest BCUT2D eigenvalue weighted by Crippen LogP contribution is 2.45. The number of carboxylic acids is 1. The number of hydrogen-bond acceptors (Lipinski definition) is 5. The van der Waals surface area contributed by atoms with Crippen molar-refractivity contribution in [1.29, 1.82) is 0 Å². The molecule has 1 aromatic heterocycles. The molecule has 26 heavy (non-hydrogen) atoms. The van der Waals surface area contributed by atoms with Crippen LogP contribution in [0, 0.1) is 6.92 Å².